The van der Waals surface area contributed by atoms with Gasteiger partial charge in [0.15, 0.2) is 5.11 Å². The molecule has 4 nitrogen and oxygen atoms in total. The lowest BCUT2D eigenvalue weighted by atomic mass is 10.2. The van der Waals surface area contributed by atoms with Crippen LogP contribution in [0.15, 0.2) is 48.5 Å². The molecule has 20 heavy (non-hydrogen) atoms. The number of methoxy groups -OCH3 is 1. The molecule has 0 unspecified atom stereocenters. The molecule has 0 aliphatic rings. The molecule has 5 heteroatoms. The van der Waals surface area contributed by atoms with Gasteiger partial charge in [-0.2, -0.15) is 0 Å². The van der Waals surface area contributed by atoms with Crippen LogP contribution in [0.4, 0.5) is 11.4 Å². The zero-order valence-corrected chi connectivity index (χ0v) is 12.3. The lowest BCUT2D eigenvalue weighted by Crippen LogP contribution is -2.33. The van der Waals surface area contributed by atoms with Crippen LogP contribution in [0, 0.1) is 6.92 Å². The van der Waals surface area contributed by atoms with Crippen LogP contribution in [0.1, 0.15) is 5.56 Å². The minimum Gasteiger partial charge on any atom is -0.497 e. The number of hydrogen-bond donors (Lipinski definition) is 3. The maximum atomic E-state index is 5.23. The van der Waals surface area contributed by atoms with Gasteiger partial charge in [-0.1, -0.05) is 24.3 Å². The molecule has 0 radical (unpaired) electrons. The Morgan fingerprint density at radius 3 is 2.65 bits per heavy atom. The zero-order valence-electron chi connectivity index (χ0n) is 11.4. The third-order valence-corrected chi connectivity index (χ3v) is 2.99. The number of ether oxygens (including phenoxy) is 1. The Bertz CT molecular complexity index is 601. The van der Waals surface area contributed by atoms with E-state index in [1.165, 1.54) is 0 Å². The summed E-state index contributed by atoms with van der Waals surface area (Å²) < 4.78 is 5.16. The Morgan fingerprint density at radius 1 is 1.10 bits per heavy atom. The van der Waals surface area contributed by atoms with E-state index in [9.17, 15) is 0 Å². The minimum atomic E-state index is 0.488. The van der Waals surface area contributed by atoms with Crippen molar-refractivity contribution >= 4 is 28.7 Å². The molecule has 104 valence electrons. The van der Waals surface area contributed by atoms with Crippen LogP contribution >= 0.6 is 12.2 Å². The van der Waals surface area contributed by atoms with Crippen LogP contribution in [0.2, 0.25) is 0 Å². The van der Waals surface area contributed by atoms with Crippen LogP contribution in [-0.2, 0) is 0 Å². The molecule has 0 fully saturated rings. The quantitative estimate of drug-likeness (QED) is 0.595. The summed E-state index contributed by atoms with van der Waals surface area (Å²) in [6, 6.07) is 15.6. The molecular weight excluding hydrogens is 270 g/mol. The van der Waals surface area contributed by atoms with E-state index in [0.717, 1.165) is 22.7 Å². The van der Waals surface area contributed by atoms with Gasteiger partial charge in [-0.3, -0.25) is 10.9 Å². The van der Waals surface area contributed by atoms with Crippen LogP contribution in [0.3, 0.4) is 0 Å². The molecule has 0 spiro atoms. The summed E-state index contributed by atoms with van der Waals surface area (Å²) in [6.45, 7) is 2.03. The van der Waals surface area contributed by atoms with Crippen molar-refractivity contribution in [3.8, 4) is 5.75 Å². The standard InChI is InChI=1S/C15H17N3OS/c1-11-6-3-4-9-14(11)17-18-15(20)16-12-7-5-8-13(10-12)19-2/h3-10,17H,1-2H3,(H2,16,18,20). The van der Waals surface area contributed by atoms with E-state index in [2.05, 4.69) is 16.2 Å². The van der Waals surface area contributed by atoms with Gasteiger partial charge < -0.3 is 10.1 Å². The molecule has 0 heterocycles. The number of anilines is 2. The predicted octanol–water partition coefficient (Wildman–Crippen LogP) is 3.32. The van der Waals surface area contributed by atoms with Crippen molar-refractivity contribution in [1.29, 1.82) is 0 Å². The fourth-order valence-electron chi connectivity index (χ4n) is 1.70. The lowest BCUT2D eigenvalue weighted by molar-refractivity contribution is 0.415. The number of aryl methyl sites for hydroxylation is 1. The second-order valence-corrected chi connectivity index (χ2v) is 4.66. The van der Waals surface area contributed by atoms with E-state index < -0.39 is 0 Å². The van der Waals surface area contributed by atoms with E-state index in [1.807, 2.05) is 55.5 Å². The molecular formula is C15H17N3OS. The summed E-state index contributed by atoms with van der Waals surface area (Å²) in [4.78, 5) is 0. The van der Waals surface area contributed by atoms with Gasteiger partial charge in [0, 0.05) is 11.8 Å². The normalized spacial score (nSPS) is 9.70. The predicted molar refractivity (Wildman–Crippen MR) is 87.2 cm³/mol. The summed E-state index contributed by atoms with van der Waals surface area (Å²) in [6.07, 6.45) is 0. The Morgan fingerprint density at radius 2 is 1.90 bits per heavy atom. The third-order valence-electron chi connectivity index (χ3n) is 2.78. The molecule has 0 aliphatic heterocycles. The van der Waals surface area contributed by atoms with Crippen molar-refractivity contribution in [2.24, 2.45) is 0 Å². The number of hydrogen-bond acceptors (Lipinski definition) is 3. The summed E-state index contributed by atoms with van der Waals surface area (Å²) >= 11 is 5.23. The van der Waals surface area contributed by atoms with Gasteiger partial charge in [0.05, 0.1) is 12.8 Å². The summed E-state index contributed by atoms with van der Waals surface area (Å²) in [5, 5.41) is 3.57. The van der Waals surface area contributed by atoms with Gasteiger partial charge in [-0.05, 0) is 42.9 Å². The smallest absolute Gasteiger partial charge is 0.189 e. The molecule has 3 N–H and O–H groups in total. The topological polar surface area (TPSA) is 45.3 Å². The van der Waals surface area contributed by atoms with Crippen molar-refractivity contribution < 1.29 is 4.74 Å². The van der Waals surface area contributed by atoms with E-state index in [0.29, 0.717) is 5.11 Å². The first-order valence-electron chi connectivity index (χ1n) is 6.22. The van der Waals surface area contributed by atoms with Gasteiger partial charge in [-0.15, -0.1) is 0 Å². The van der Waals surface area contributed by atoms with Gasteiger partial charge >= 0.3 is 0 Å². The first kappa shape index (κ1) is 14.1. The largest absolute Gasteiger partial charge is 0.497 e. The number of nitrogens with one attached hydrogen (secondary N) is 3. The molecule has 2 aromatic carbocycles. The van der Waals surface area contributed by atoms with Crippen LogP contribution in [0.25, 0.3) is 0 Å². The highest BCUT2D eigenvalue weighted by atomic mass is 32.1. The molecule has 0 aromatic heterocycles. The van der Waals surface area contributed by atoms with Crippen molar-refractivity contribution in [2.75, 3.05) is 17.9 Å². The molecule has 0 amide bonds. The van der Waals surface area contributed by atoms with E-state index >= 15 is 0 Å². The van der Waals surface area contributed by atoms with Gasteiger partial charge in [-0.25, -0.2) is 0 Å². The van der Waals surface area contributed by atoms with Crippen molar-refractivity contribution in [3.05, 3.63) is 54.1 Å². The van der Waals surface area contributed by atoms with Gasteiger partial charge in [0.1, 0.15) is 5.75 Å². The first-order chi connectivity index (χ1) is 9.69. The first-order valence-corrected chi connectivity index (χ1v) is 6.62. The maximum absolute atomic E-state index is 5.23. The summed E-state index contributed by atoms with van der Waals surface area (Å²) in [5.74, 6) is 0.782. The average molecular weight is 287 g/mol. The van der Waals surface area contributed by atoms with Gasteiger partial charge in [0.2, 0.25) is 0 Å². The van der Waals surface area contributed by atoms with Crippen LogP contribution in [-0.4, -0.2) is 12.2 Å². The second kappa shape index (κ2) is 6.77. The van der Waals surface area contributed by atoms with E-state index in [4.69, 9.17) is 17.0 Å². The number of para-hydroxylation sites is 1. The second-order valence-electron chi connectivity index (χ2n) is 4.25. The number of thiocarbonyl (C=S) groups is 1. The Hall–Kier alpha value is -2.27. The fourth-order valence-corrected chi connectivity index (χ4v) is 1.87. The molecule has 0 saturated carbocycles. The highest BCUT2D eigenvalue weighted by Gasteiger charge is 2.00. The molecule has 0 bridgehead atoms. The zero-order chi connectivity index (χ0) is 14.4. The monoisotopic (exact) mass is 287 g/mol. The van der Waals surface area contributed by atoms with Crippen molar-refractivity contribution in [2.45, 2.75) is 6.92 Å². The highest BCUT2D eigenvalue weighted by molar-refractivity contribution is 7.80. The number of hydrazine groups is 1. The maximum Gasteiger partial charge on any atom is 0.189 e. The van der Waals surface area contributed by atoms with Crippen LogP contribution < -0.4 is 20.9 Å². The molecule has 0 atom stereocenters. The van der Waals surface area contributed by atoms with Crippen molar-refractivity contribution in [1.82, 2.24) is 5.43 Å². The van der Waals surface area contributed by atoms with E-state index in [1.54, 1.807) is 7.11 Å². The molecule has 2 rings (SSSR count). The average Bonchev–Trinajstić information content (AvgIpc) is 2.46. The van der Waals surface area contributed by atoms with Crippen molar-refractivity contribution in [3.63, 3.8) is 0 Å². The van der Waals surface area contributed by atoms with Gasteiger partial charge in [0.25, 0.3) is 0 Å². The SMILES string of the molecule is COc1cccc(NC(=S)NNc2ccccc2C)c1. The summed E-state index contributed by atoms with van der Waals surface area (Å²) in [7, 11) is 1.63. The fraction of sp³-hybridized carbons (Fsp3) is 0.133. The highest BCUT2D eigenvalue weighted by Crippen LogP contribution is 2.16. The minimum absolute atomic E-state index is 0.488. The summed E-state index contributed by atoms with van der Waals surface area (Å²) in [5.41, 5.74) is 9.03. The Balaban J connectivity index is 1.91. The Kier molecular flexibility index (Phi) is 4.79. The molecule has 0 saturated heterocycles. The van der Waals surface area contributed by atoms with E-state index in [-0.39, 0.29) is 0 Å². The number of benzene rings is 2. The van der Waals surface area contributed by atoms with Crippen LogP contribution in [0.5, 0.6) is 5.75 Å². The molecule has 0 aliphatic carbocycles. The number of rotatable bonds is 4. The lowest BCUT2D eigenvalue weighted by Gasteiger charge is -2.14. The third kappa shape index (κ3) is 3.86. The molecule has 2 aromatic rings. The Labute approximate surface area is 124 Å².